The van der Waals surface area contributed by atoms with E-state index in [0.29, 0.717) is 28.5 Å². The zero-order valence-corrected chi connectivity index (χ0v) is 13.1. The fourth-order valence-corrected chi connectivity index (χ4v) is 2.44. The summed E-state index contributed by atoms with van der Waals surface area (Å²) in [5.41, 5.74) is 0.950. The maximum Gasteiger partial charge on any atom is 0.226 e. The molecule has 2 heterocycles. The van der Waals surface area contributed by atoms with Gasteiger partial charge in [0.15, 0.2) is 5.82 Å². The zero-order valence-electron chi connectivity index (χ0n) is 12.2. The second-order valence-electron chi connectivity index (χ2n) is 4.43. The summed E-state index contributed by atoms with van der Waals surface area (Å²) >= 11 is 1.45. The number of aromatic nitrogens is 5. The minimum atomic E-state index is 0.549. The first kappa shape index (κ1) is 14.6. The molecule has 0 unspecified atom stereocenters. The van der Waals surface area contributed by atoms with E-state index >= 15 is 0 Å². The molecule has 0 aliphatic rings. The van der Waals surface area contributed by atoms with Crippen molar-refractivity contribution in [3.8, 4) is 17.1 Å². The number of hydrogen-bond donors (Lipinski definition) is 1. The molecule has 1 aromatic carbocycles. The zero-order chi connectivity index (χ0) is 15.4. The molecule has 3 rings (SSSR count). The van der Waals surface area contributed by atoms with Crippen LogP contribution in [0.25, 0.3) is 11.4 Å². The molecule has 22 heavy (non-hydrogen) atoms. The topological polar surface area (TPSA) is 89.7 Å². The Hall–Kier alpha value is -2.35. The van der Waals surface area contributed by atoms with Crippen molar-refractivity contribution in [2.45, 2.75) is 24.3 Å². The molecule has 1 N–H and O–H groups in total. The molecular weight excluding hydrogens is 302 g/mol. The highest BCUT2D eigenvalue weighted by Crippen LogP contribution is 2.23. The van der Waals surface area contributed by atoms with E-state index in [-0.39, 0.29) is 0 Å². The predicted octanol–water partition coefficient (Wildman–Crippen LogP) is 2.72. The molecule has 7 nitrogen and oxygen atoms in total. The first-order valence-electron chi connectivity index (χ1n) is 6.79. The number of aromatic amines is 1. The standard InChI is InChI=1S/C14H15N5O2S/c1-3-11-16-17-12(21-11)8-22-14-15-13(18-19-14)9-4-6-10(20-2)7-5-9/h4-7H,3,8H2,1-2H3,(H,15,18,19). The van der Waals surface area contributed by atoms with E-state index in [4.69, 9.17) is 9.15 Å². The highest BCUT2D eigenvalue weighted by Gasteiger charge is 2.09. The number of rotatable bonds is 6. The molecule has 8 heteroatoms. The van der Waals surface area contributed by atoms with Gasteiger partial charge in [0, 0.05) is 12.0 Å². The average molecular weight is 317 g/mol. The van der Waals surface area contributed by atoms with Crippen molar-refractivity contribution in [2.24, 2.45) is 0 Å². The van der Waals surface area contributed by atoms with Gasteiger partial charge >= 0.3 is 0 Å². The molecular formula is C14H15N5O2S. The number of H-pyrrole nitrogens is 1. The van der Waals surface area contributed by atoms with Crippen molar-refractivity contribution in [3.63, 3.8) is 0 Å². The van der Waals surface area contributed by atoms with Crippen LogP contribution < -0.4 is 4.74 Å². The lowest BCUT2D eigenvalue weighted by Gasteiger charge is -1.99. The Morgan fingerprint density at radius 2 is 1.95 bits per heavy atom. The molecule has 0 spiro atoms. The fourth-order valence-electron chi connectivity index (χ4n) is 1.80. The van der Waals surface area contributed by atoms with Crippen LogP contribution in [0.1, 0.15) is 18.7 Å². The molecule has 0 radical (unpaired) electrons. The van der Waals surface area contributed by atoms with E-state index in [1.165, 1.54) is 11.8 Å². The van der Waals surface area contributed by atoms with Crippen LogP contribution >= 0.6 is 11.8 Å². The Balaban J connectivity index is 1.65. The molecule has 2 aromatic heterocycles. The fraction of sp³-hybridized carbons (Fsp3) is 0.286. The van der Waals surface area contributed by atoms with Crippen LogP contribution in [0.4, 0.5) is 0 Å². The van der Waals surface area contributed by atoms with Crippen LogP contribution in [-0.2, 0) is 12.2 Å². The van der Waals surface area contributed by atoms with Crippen molar-refractivity contribution < 1.29 is 9.15 Å². The third-order valence-electron chi connectivity index (χ3n) is 2.96. The first-order valence-corrected chi connectivity index (χ1v) is 7.78. The van der Waals surface area contributed by atoms with Crippen LogP contribution in [0.3, 0.4) is 0 Å². The average Bonchev–Trinajstić information content (AvgIpc) is 3.22. The highest BCUT2D eigenvalue weighted by atomic mass is 32.2. The molecule has 0 aliphatic heterocycles. The van der Waals surface area contributed by atoms with Gasteiger partial charge in [0.1, 0.15) is 5.75 Å². The molecule has 0 amide bonds. The highest BCUT2D eigenvalue weighted by molar-refractivity contribution is 7.98. The molecule has 0 atom stereocenters. The number of aryl methyl sites for hydroxylation is 1. The summed E-state index contributed by atoms with van der Waals surface area (Å²) < 4.78 is 10.6. The van der Waals surface area contributed by atoms with Crippen LogP contribution in [0.5, 0.6) is 5.75 Å². The second kappa shape index (κ2) is 6.61. The first-order chi connectivity index (χ1) is 10.8. The number of thioether (sulfide) groups is 1. The lowest BCUT2D eigenvalue weighted by Crippen LogP contribution is -1.84. The molecule has 0 fully saturated rings. The van der Waals surface area contributed by atoms with Crippen molar-refractivity contribution in [1.82, 2.24) is 25.4 Å². The largest absolute Gasteiger partial charge is 0.497 e. The lowest BCUT2D eigenvalue weighted by atomic mass is 10.2. The maximum absolute atomic E-state index is 5.45. The Bertz CT molecular complexity index is 738. The molecule has 0 aliphatic carbocycles. The SMILES string of the molecule is CCc1nnc(CSc2n[nH]c(-c3ccc(OC)cc3)n2)o1. The summed E-state index contributed by atoms with van der Waals surface area (Å²) in [6.07, 6.45) is 0.736. The number of ether oxygens (including phenoxy) is 1. The summed E-state index contributed by atoms with van der Waals surface area (Å²) in [5, 5.41) is 15.6. The van der Waals surface area contributed by atoms with Gasteiger partial charge in [-0.2, -0.15) is 0 Å². The molecule has 0 saturated carbocycles. The second-order valence-corrected chi connectivity index (χ2v) is 5.37. The van der Waals surface area contributed by atoms with Crippen molar-refractivity contribution in [2.75, 3.05) is 7.11 Å². The number of nitrogens with one attached hydrogen (secondary N) is 1. The van der Waals surface area contributed by atoms with Gasteiger partial charge in [0.2, 0.25) is 16.9 Å². The summed E-state index contributed by atoms with van der Waals surface area (Å²) in [6.45, 7) is 1.97. The van der Waals surface area contributed by atoms with E-state index in [1.54, 1.807) is 7.11 Å². The molecule has 0 bridgehead atoms. The van der Waals surface area contributed by atoms with Gasteiger partial charge in [0.25, 0.3) is 0 Å². The maximum atomic E-state index is 5.45. The van der Waals surface area contributed by atoms with E-state index in [0.717, 1.165) is 17.7 Å². The van der Waals surface area contributed by atoms with Gasteiger partial charge in [-0.3, -0.25) is 5.10 Å². The Morgan fingerprint density at radius 1 is 1.18 bits per heavy atom. The number of hydrogen-bond acceptors (Lipinski definition) is 7. The summed E-state index contributed by atoms with van der Waals surface area (Å²) in [5.74, 6) is 3.29. The molecule has 3 aromatic rings. The van der Waals surface area contributed by atoms with Crippen LogP contribution in [0.15, 0.2) is 33.8 Å². The number of methoxy groups -OCH3 is 1. The van der Waals surface area contributed by atoms with E-state index in [9.17, 15) is 0 Å². The van der Waals surface area contributed by atoms with E-state index in [1.807, 2.05) is 31.2 Å². The Morgan fingerprint density at radius 3 is 2.64 bits per heavy atom. The summed E-state index contributed by atoms with van der Waals surface area (Å²) in [6, 6.07) is 7.63. The lowest BCUT2D eigenvalue weighted by molar-refractivity contribution is 0.415. The smallest absolute Gasteiger partial charge is 0.226 e. The van der Waals surface area contributed by atoms with Crippen LogP contribution in [-0.4, -0.2) is 32.5 Å². The van der Waals surface area contributed by atoms with Gasteiger partial charge < -0.3 is 9.15 Å². The summed E-state index contributed by atoms with van der Waals surface area (Å²) in [7, 11) is 1.64. The predicted molar refractivity (Wildman–Crippen MR) is 81.6 cm³/mol. The molecule has 114 valence electrons. The Kier molecular flexibility index (Phi) is 4.38. The van der Waals surface area contributed by atoms with Gasteiger partial charge in [-0.1, -0.05) is 18.7 Å². The Labute approximate surface area is 131 Å². The van der Waals surface area contributed by atoms with Crippen molar-refractivity contribution >= 4 is 11.8 Å². The van der Waals surface area contributed by atoms with Gasteiger partial charge in [0.05, 0.1) is 12.9 Å². The minimum Gasteiger partial charge on any atom is -0.497 e. The number of nitrogens with zero attached hydrogens (tertiary/aromatic N) is 4. The van der Waals surface area contributed by atoms with E-state index < -0.39 is 0 Å². The van der Waals surface area contributed by atoms with Gasteiger partial charge in [-0.15, -0.1) is 15.3 Å². The summed E-state index contributed by atoms with van der Waals surface area (Å²) in [4.78, 5) is 4.44. The molecule has 0 saturated heterocycles. The van der Waals surface area contributed by atoms with Crippen LogP contribution in [0, 0.1) is 0 Å². The normalized spacial score (nSPS) is 10.8. The number of benzene rings is 1. The van der Waals surface area contributed by atoms with Crippen molar-refractivity contribution in [1.29, 1.82) is 0 Å². The van der Waals surface area contributed by atoms with E-state index in [2.05, 4.69) is 25.4 Å². The minimum absolute atomic E-state index is 0.549. The third kappa shape index (κ3) is 3.28. The quantitative estimate of drug-likeness (QED) is 0.699. The van der Waals surface area contributed by atoms with Crippen molar-refractivity contribution in [3.05, 3.63) is 36.0 Å². The third-order valence-corrected chi connectivity index (χ3v) is 3.80. The van der Waals surface area contributed by atoms with Crippen LogP contribution in [0.2, 0.25) is 0 Å². The van der Waals surface area contributed by atoms with Gasteiger partial charge in [-0.05, 0) is 24.3 Å². The monoisotopic (exact) mass is 317 g/mol. The van der Waals surface area contributed by atoms with Gasteiger partial charge in [-0.25, -0.2) is 4.98 Å².